The van der Waals surface area contributed by atoms with Crippen LogP contribution in [0.25, 0.3) is 5.65 Å². The summed E-state index contributed by atoms with van der Waals surface area (Å²) >= 11 is 0. The molecule has 0 aliphatic rings. The Balaban J connectivity index is 1.59. The molecule has 0 aliphatic carbocycles. The number of sulfonamides is 1. The van der Waals surface area contributed by atoms with Crippen LogP contribution >= 0.6 is 0 Å². The van der Waals surface area contributed by atoms with Crippen molar-refractivity contribution in [1.29, 1.82) is 0 Å². The highest BCUT2D eigenvalue weighted by atomic mass is 32.2. The molecule has 142 valence electrons. The van der Waals surface area contributed by atoms with Gasteiger partial charge in [0, 0.05) is 29.2 Å². The summed E-state index contributed by atoms with van der Waals surface area (Å²) in [5.74, 6) is 0.758. The topological polar surface area (TPSA) is 88.4 Å². The Kier molecular flexibility index (Phi) is 4.48. The third kappa shape index (κ3) is 3.67. The lowest BCUT2D eigenvalue weighted by Gasteiger charge is -2.11. The van der Waals surface area contributed by atoms with Gasteiger partial charge in [-0.1, -0.05) is 18.2 Å². The number of hydrogen-bond donors (Lipinski definition) is 2. The van der Waals surface area contributed by atoms with E-state index in [1.54, 1.807) is 53.0 Å². The van der Waals surface area contributed by atoms with Crippen LogP contribution in [0.4, 0.5) is 17.2 Å². The molecule has 0 amide bonds. The van der Waals surface area contributed by atoms with E-state index >= 15 is 0 Å². The van der Waals surface area contributed by atoms with Gasteiger partial charge in [0.1, 0.15) is 5.82 Å². The van der Waals surface area contributed by atoms with Gasteiger partial charge in [0.25, 0.3) is 10.0 Å². The standard InChI is InChI=1S/C20H19N5O2S/c1-14-12-20(25-19(21-14)13-15(2)23-25)22-16-8-10-18(11-9-16)28(26,27)24-17-6-4-3-5-7-17/h3-13,22,24H,1-2H3. The van der Waals surface area contributed by atoms with E-state index in [4.69, 9.17) is 0 Å². The van der Waals surface area contributed by atoms with Crippen molar-refractivity contribution in [2.45, 2.75) is 18.7 Å². The van der Waals surface area contributed by atoms with Gasteiger partial charge in [0.15, 0.2) is 5.65 Å². The highest BCUT2D eigenvalue weighted by Crippen LogP contribution is 2.22. The molecule has 4 rings (SSSR count). The molecule has 0 saturated carbocycles. The van der Waals surface area contributed by atoms with Crippen molar-refractivity contribution in [1.82, 2.24) is 14.6 Å². The minimum Gasteiger partial charge on any atom is -0.340 e. The fraction of sp³-hybridized carbons (Fsp3) is 0.100. The first kappa shape index (κ1) is 18.0. The van der Waals surface area contributed by atoms with Gasteiger partial charge in [0.05, 0.1) is 10.6 Å². The second-order valence-electron chi connectivity index (χ2n) is 6.46. The zero-order chi connectivity index (χ0) is 19.7. The van der Waals surface area contributed by atoms with Crippen molar-refractivity contribution in [3.63, 3.8) is 0 Å². The molecule has 2 aromatic heterocycles. The predicted molar refractivity (Wildman–Crippen MR) is 109 cm³/mol. The molecule has 2 heterocycles. The minimum absolute atomic E-state index is 0.188. The van der Waals surface area contributed by atoms with Gasteiger partial charge in [-0.2, -0.15) is 9.61 Å². The van der Waals surface area contributed by atoms with Crippen LogP contribution in [0, 0.1) is 13.8 Å². The molecule has 0 unspecified atom stereocenters. The first-order chi connectivity index (χ1) is 13.4. The third-order valence-electron chi connectivity index (χ3n) is 4.14. The molecule has 0 atom stereocenters. The molecule has 0 fully saturated rings. The number of aromatic nitrogens is 3. The zero-order valence-electron chi connectivity index (χ0n) is 15.4. The number of aryl methyl sites for hydroxylation is 2. The Morgan fingerprint density at radius 1 is 0.857 bits per heavy atom. The van der Waals surface area contributed by atoms with Gasteiger partial charge in [-0.15, -0.1) is 0 Å². The maximum atomic E-state index is 12.5. The highest BCUT2D eigenvalue weighted by molar-refractivity contribution is 7.92. The molecular weight excluding hydrogens is 374 g/mol. The first-order valence-electron chi connectivity index (χ1n) is 8.70. The largest absolute Gasteiger partial charge is 0.340 e. The van der Waals surface area contributed by atoms with Crippen LogP contribution in [0.15, 0.2) is 71.6 Å². The van der Waals surface area contributed by atoms with E-state index in [-0.39, 0.29) is 4.90 Å². The fourth-order valence-electron chi connectivity index (χ4n) is 2.89. The Bertz CT molecular complexity index is 1230. The second kappa shape index (κ2) is 6.97. The second-order valence-corrected chi connectivity index (χ2v) is 8.14. The third-order valence-corrected chi connectivity index (χ3v) is 5.54. The number of benzene rings is 2. The summed E-state index contributed by atoms with van der Waals surface area (Å²) in [4.78, 5) is 4.65. The van der Waals surface area contributed by atoms with E-state index in [0.717, 1.165) is 28.5 Å². The van der Waals surface area contributed by atoms with E-state index in [1.165, 1.54) is 0 Å². The van der Waals surface area contributed by atoms with E-state index in [9.17, 15) is 8.42 Å². The number of para-hydroxylation sites is 1. The first-order valence-corrected chi connectivity index (χ1v) is 10.2. The average molecular weight is 393 g/mol. The molecule has 0 saturated heterocycles. The van der Waals surface area contributed by atoms with Crippen LogP contribution in [0.5, 0.6) is 0 Å². The molecule has 2 aromatic carbocycles. The monoisotopic (exact) mass is 393 g/mol. The molecule has 0 aliphatic heterocycles. The Labute approximate surface area is 163 Å². The van der Waals surface area contributed by atoms with Gasteiger partial charge < -0.3 is 5.32 Å². The average Bonchev–Trinajstić information content (AvgIpc) is 3.03. The quantitative estimate of drug-likeness (QED) is 0.537. The van der Waals surface area contributed by atoms with Gasteiger partial charge >= 0.3 is 0 Å². The summed E-state index contributed by atoms with van der Waals surface area (Å²) in [7, 11) is -3.65. The number of nitrogens with one attached hydrogen (secondary N) is 2. The Morgan fingerprint density at radius 2 is 1.57 bits per heavy atom. The lowest BCUT2D eigenvalue weighted by Crippen LogP contribution is -2.12. The lowest BCUT2D eigenvalue weighted by molar-refractivity contribution is 0.601. The molecule has 0 spiro atoms. The number of fused-ring (bicyclic) bond motifs is 1. The fourth-order valence-corrected chi connectivity index (χ4v) is 3.95. The van der Waals surface area contributed by atoms with E-state index in [0.29, 0.717) is 5.69 Å². The van der Waals surface area contributed by atoms with Gasteiger partial charge in [-0.3, -0.25) is 4.72 Å². The molecule has 2 N–H and O–H groups in total. The normalized spacial score (nSPS) is 11.5. The van der Waals surface area contributed by atoms with Crippen LogP contribution in [0.3, 0.4) is 0 Å². The predicted octanol–water partition coefficient (Wildman–Crippen LogP) is 3.89. The molecular formula is C20H19N5O2S. The van der Waals surface area contributed by atoms with Crippen molar-refractivity contribution in [2.24, 2.45) is 0 Å². The Hall–Kier alpha value is -3.39. The van der Waals surface area contributed by atoms with Crippen molar-refractivity contribution in [2.75, 3.05) is 10.0 Å². The van der Waals surface area contributed by atoms with E-state index in [2.05, 4.69) is 20.1 Å². The maximum absolute atomic E-state index is 12.5. The van der Waals surface area contributed by atoms with Crippen molar-refractivity contribution < 1.29 is 8.42 Å². The van der Waals surface area contributed by atoms with Crippen molar-refractivity contribution >= 4 is 32.9 Å². The number of rotatable bonds is 5. The minimum atomic E-state index is -3.65. The molecule has 4 aromatic rings. The van der Waals surface area contributed by atoms with E-state index in [1.807, 2.05) is 32.0 Å². The zero-order valence-corrected chi connectivity index (χ0v) is 16.2. The number of hydrogen-bond acceptors (Lipinski definition) is 5. The molecule has 0 radical (unpaired) electrons. The summed E-state index contributed by atoms with van der Waals surface area (Å²) < 4.78 is 29.4. The van der Waals surface area contributed by atoms with Gasteiger partial charge in [-0.25, -0.2) is 13.4 Å². The van der Waals surface area contributed by atoms with Crippen LogP contribution in [0.2, 0.25) is 0 Å². The summed E-state index contributed by atoms with van der Waals surface area (Å²) in [5.41, 5.74) is 3.76. The summed E-state index contributed by atoms with van der Waals surface area (Å²) in [5, 5.41) is 7.71. The highest BCUT2D eigenvalue weighted by Gasteiger charge is 2.14. The Morgan fingerprint density at radius 3 is 2.29 bits per heavy atom. The van der Waals surface area contributed by atoms with E-state index < -0.39 is 10.0 Å². The summed E-state index contributed by atoms with van der Waals surface area (Å²) in [6.45, 7) is 3.83. The number of nitrogens with zero attached hydrogens (tertiary/aromatic N) is 3. The molecule has 8 heteroatoms. The summed E-state index contributed by atoms with van der Waals surface area (Å²) in [6, 6.07) is 19.2. The smallest absolute Gasteiger partial charge is 0.261 e. The van der Waals surface area contributed by atoms with Crippen molar-refractivity contribution in [3.8, 4) is 0 Å². The van der Waals surface area contributed by atoms with Crippen LogP contribution in [0.1, 0.15) is 11.4 Å². The van der Waals surface area contributed by atoms with Gasteiger partial charge in [0.2, 0.25) is 0 Å². The van der Waals surface area contributed by atoms with Crippen LogP contribution < -0.4 is 10.0 Å². The molecule has 28 heavy (non-hydrogen) atoms. The molecule has 7 nitrogen and oxygen atoms in total. The maximum Gasteiger partial charge on any atom is 0.261 e. The van der Waals surface area contributed by atoms with Crippen molar-refractivity contribution in [3.05, 3.63) is 78.1 Å². The van der Waals surface area contributed by atoms with Crippen LogP contribution in [-0.4, -0.2) is 23.0 Å². The number of anilines is 3. The lowest BCUT2D eigenvalue weighted by atomic mass is 10.3. The van der Waals surface area contributed by atoms with Crippen LogP contribution in [-0.2, 0) is 10.0 Å². The van der Waals surface area contributed by atoms with Gasteiger partial charge in [-0.05, 0) is 50.2 Å². The SMILES string of the molecule is Cc1cc(Nc2ccc(S(=O)(=O)Nc3ccccc3)cc2)n2nc(C)cc2n1. The summed E-state index contributed by atoms with van der Waals surface area (Å²) in [6.07, 6.45) is 0. The molecule has 0 bridgehead atoms.